The second-order valence-electron chi connectivity index (χ2n) is 3.62. The van der Waals surface area contributed by atoms with E-state index in [-0.39, 0.29) is 11.6 Å². The summed E-state index contributed by atoms with van der Waals surface area (Å²) in [6.45, 7) is 0.507. The quantitative estimate of drug-likeness (QED) is 0.764. The molecule has 0 fully saturated rings. The van der Waals surface area contributed by atoms with Crippen molar-refractivity contribution in [2.75, 3.05) is 6.54 Å². The van der Waals surface area contributed by atoms with Crippen molar-refractivity contribution in [2.45, 2.75) is 25.3 Å². The van der Waals surface area contributed by atoms with Crippen molar-refractivity contribution in [1.29, 1.82) is 0 Å². The second kappa shape index (κ2) is 3.75. The molecule has 2 heterocycles. The molecule has 1 unspecified atom stereocenters. The molecule has 1 aliphatic rings. The Morgan fingerprint density at radius 3 is 3.07 bits per heavy atom. The molecule has 0 saturated carbocycles. The van der Waals surface area contributed by atoms with Crippen LogP contribution in [-0.4, -0.2) is 11.1 Å². The molecular weight excluding hydrogens is 200 g/mol. The van der Waals surface area contributed by atoms with Crippen LogP contribution in [0.5, 0.6) is 0 Å². The Labute approximate surface area is 87.5 Å². The van der Waals surface area contributed by atoms with Gasteiger partial charge < -0.3 is 10.3 Å². The van der Waals surface area contributed by atoms with E-state index in [2.05, 4.69) is 0 Å². The highest BCUT2D eigenvalue weighted by atomic mass is 35.5. The summed E-state index contributed by atoms with van der Waals surface area (Å²) < 4.78 is 1.76. The molecular formula is C10H13ClN2O. The van der Waals surface area contributed by atoms with Crippen LogP contribution >= 0.6 is 11.6 Å². The van der Waals surface area contributed by atoms with Crippen LogP contribution in [-0.2, 0) is 6.42 Å². The SMILES string of the molecule is NCC1CCCc2c(Cl)ccc(=O)n21. The van der Waals surface area contributed by atoms with E-state index in [1.807, 2.05) is 0 Å². The molecule has 0 radical (unpaired) electrons. The number of fused-ring (bicyclic) bond motifs is 1. The predicted molar refractivity (Wildman–Crippen MR) is 56.7 cm³/mol. The van der Waals surface area contributed by atoms with Crippen molar-refractivity contribution in [2.24, 2.45) is 5.73 Å². The number of aromatic nitrogens is 1. The van der Waals surface area contributed by atoms with E-state index >= 15 is 0 Å². The first-order chi connectivity index (χ1) is 6.74. The summed E-state index contributed by atoms with van der Waals surface area (Å²) in [5, 5.41) is 0.683. The molecule has 0 amide bonds. The predicted octanol–water partition coefficient (Wildman–Crippen LogP) is 1.34. The zero-order chi connectivity index (χ0) is 10.1. The Morgan fingerprint density at radius 1 is 1.57 bits per heavy atom. The van der Waals surface area contributed by atoms with Crippen molar-refractivity contribution >= 4 is 11.6 Å². The zero-order valence-electron chi connectivity index (χ0n) is 7.87. The van der Waals surface area contributed by atoms with Crippen LogP contribution in [0.3, 0.4) is 0 Å². The minimum absolute atomic E-state index is 0.0135. The van der Waals surface area contributed by atoms with E-state index < -0.39 is 0 Å². The molecule has 2 rings (SSSR count). The molecule has 0 spiro atoms. The lowest BCUT2D eigenvalue weighted by Crippen LogP contribution is -2.34. The highest BCUT2D eigenvalue weighted by Gasteiger charge is 2.20. The third kappa shape index (κ3) is 1.47. The highest BCUT2D eigenvalue weighted by Crippen LogP contribution is 2.26. The molecule has 1 aromatic rings. The number of hydrogen-bond acceptors (Lipinski definition) is 2. The first kappa shape index (κ1) is 9.74. The van der Waals surface area contributed by atoms with Gasteiger partial charge in [0.1, 0.15) is 0 Å². The van der Waals surface area contributed by atoms with Gasteiger partial charge in [-0.3, -0.25) is 4.79 Å². The molecule has 2 N–H and O–H groups in total. The first-order valence-corrected chi connectivity index (χ1v) is 5.22. The van der Waals surface area contributed by atoms with Crippen molar-refractivity contribution in [1.82, 2.24) is 4.57 Å². The maximum absolute atomic E-state index is 11.6. The van der Waals surface area contributed by atoms with Crippen molar-refractivity contribution < 1.29 is 0 Å². The van der Waals surface area contributed by atoms with Crippen molar-refractivity contribution in [3.8, 4) is 0 Å². The molecule has 1 aromatic heterocycles. The molecule has 76 valence electrons. The van der Waals surface area contributed by atoms with E-state index in [9.17, 15) is 4.79 Å². The monoisotopic (exact) mass is 212 g/mol. The molecule has 0 bridgehead atoms. The van der Waals surface area contributed by atoms with Gasteiger partial charge in [0.2, 0.25) is 0 Å². The zero-order valence-corrected chi connectivity index (χ0v) is 8.63. The Kier molecular flexibility index (Phi) is 2.61. The van der Waals surface area contributed by atoms with Crippen LogP contribution in [0.1, 0.15) is 24.6 Å². The third-order valence-corrected chi connectivity index (χ3v) is 3.11. The van der Waals surface area contributed by atoms with E-state index in [1.54, 1.807) is 10.6 Å². The molecule has 1 atom stereocenters. The Morgan fingerprint density at radius 2 is 2.36 bits per heavy atom. The lowest BCUT2D eigenvalue weighted by molar-refractivity contribution is 0.396. The average Bonchev–Trinajstić information content (AvgIpc) is 2.23. The maximum Gasteiger partial charge on any atom is 0.251 e. The molecule has 0 aliphatic carbocycles. The molecule has 0 aromatic carbocycles. The number of pyridine rings is 1. The van der Waals surface area contributed by atoms with Gasteiger partial charge in [-0.1, -0.05) is 11.6 Å². The third-order valence-electron chi connectivity index (χ3n) is 2.76. The largest absolute Gasteiger partial charge is 0.328 e. The number of nitrogens with two attached hydrogens (primary N) is 1. The van der Waals surface area contributed by atoms with Crippen LogP contribution < -0.4 is 11.3 Å². The van der Waals surface area contributed by atoms with Crippen LogP contribution in [0.25, 0.3) is 0 Å². The summed E-state index contributed by atoms with van der Waals surface area (Å²) in [7, 11) is 0. The molecule has 14 heavy (non-hydrogen) atoms. The lowest BCUT2D eigenvalue weighted by Gasteiger charge is -2.27. The fraction of sp³-hybridized carbons (Fsp3) is 0.500. The Balaban J connectivity index is 2.61. The standard InChI is InChI=1S/C10H13ClN2O/c11-8-4-5-10(14)13-7(6-12)2-1-3-9(8)13/h4-5,7H,1-3,6,12H2. The number of nitrogens with zero attached hydrogens (tertiary/aromatic N) is 1. The van der Waals surface area contributed by atoms with Gasteiger partial charge in [0.05, 0.1) is 5.02 Å². The van der Waals surface area contributed by atoms with E-state index in [1.165, 1.54) is 6.07 Å². The first-order valence-electron chi connectivity index (χ1n) is 4.84. The minimum Gasteiger partial charge on any atom is -0.328 e. The summed E-state index contributed by atoms with van der Waals surface area (Å²) in [6, 6.07) is 3.32. The van der Waals surface area contributed by atoms with Gasteiger partial charge in [0.25, 0.3) is 5.56 Å². The van der Waals surface area contributed by atoms with E-state index in [4.69, 9.17) is 17.3 Å². The van der Waals surface area contributed by atoms with Crippen LogP contribution in [0, 0.1) is 0 Å². The number of hydrogen-bond donors (Lipinski definition) is 1. The lowest BCUT2D eigenvalue weighted by atomic mass is 10.0. The fourth-order valence-corrected chi connectivity index (χ4v) is 2.32. The summed E-state index contributed by atoms with van der Waals surface area (Å²) in [5.41, 5.74) is 6.59. The average molecular weight is 213 g/mol. The summed E-state index contributed by atoms with van der Waals surface area (Å²) in [5.74, 6) is 0. The maximum atomic E-state index is 11.6. The van der Waals surface area contributed by atoms with Crippen molar-refractivity contribution in [3.63, 3.8) is 0 Å². The van der Waals surface area contributed by atoms with Gasteiger partial charge in [-0.2, -0.15) is 0 Å². The summed E-state index contributed by atoms with van der Waals surface area (Å²) in [6.07, 6.45) is 2.92. The number of halogens is 1. The fourth-order valence-electron chi connectivity index (χ4n) is 2.07. The van der Waals surface area contributed by atoms with Crippen LogP contribution in [0.4, 0.5) is 0 Å². The van der Waals surface area contributed by atoms with Gasteiger partial charge in [0, 0.05) is 24.3 Å². The van der Waals surface area contributed by atoms with Gasteiger partial charge in [-0.05, 0) is 25.3 Å². The summed E-state index contributed by atoms with van der Waals surface area (Å²) >= 11 is 6.04. The highest BCUT2D eigenvalue weighted by molar-refractivity contribution is 6.31. The van der Waals surface area contributed by atoms with Gasteiger partial charge in [0.15, 0.2) is 0 Å². The smallest absolute Gasteiger partial charge is 0.251 e. The number of rotatable bonds is 1. The second-order valence-corrected chi connectivity index (χ2v) is 4.03. The van der Waals surface area contributed by atoms with E-state index in [0.29, 0.717) is 11.6 Å². The van der Waals surface area contributed by atoms with Gasteiger partial charge >= 0.3 is 0 Å². The summed E-state index contributed by atoms with van der Waals surface area (Å²) in [4.78, 5) is 11.6. The molecule has 4 heteroatoms. The van der Waals surface area contributed by atoms with Crippen LogP contribution in [0.15, 0.2) is 16.9 Å². The molecule has 1 aliphatic heterocycles. The Bertz CT molecular complexity index is 400. The normalized spacial score (nSPS) is 20.6. The van der Waals surface area contributed by atoms with E-state index in [0.717, 1.165) is 25.0 Å². The minimum atomic E-state index is 0.0135. The van der Waals surface area contributed by atoms with Crippen LogP contribution in [0.2, 0.25) is 5.02 Å². The van der Waals surface area contributed by atoms with Gasteiger partial charge in [-0.15, -0.1) is 0 Å². The topological polar surface area (TPSA) is 48.0 Å². The molecule has 3 nitrogen and oxygen atoms in total. The van der Waals surface area contributed by atoms with Crippen molar-refractivity contribution in [3.05, 3.63) is 33.2 Å². The Hall–Kier alpha value is -0.800. The molecule has 0 saturated heterocycles. The van der Waals surface area contributed by atoms with Gasteiger partial charge in [-0.25, -0.2) is 0 Å².